The average molecular weight is 513 g/mol. The number of hydrogen-bond acceptors (Lipinski definition) is 8. The summed E-state index contributed by atoms with van der Waals surface area (Å²) < 4.78 is 22.2. The Morgan fingerprint density at radius 1 is 0.946 bits per heavy atom. The van der Waals surface area contributed by atoms with Crippen LogP contribution in [0.3, 0.4) is 0 Å². The summed E-state index contributed by atoms with van der Waals surface area (Å²) >= 11 is 0. The summed E-state index contributed by atoms with van der Waals surface area (Å²) in [5, 5.41) is 2.94. The molecule has 0 aliphatic carbocycles. The van der Waals surface area contributed by atoms with Gasteiger partial charge in [0.2, 0.25) is 6.04 Å². The van der Waals surface area contributed by atoms with E-state index in [1.807, 2.05) is 60.7 Å². The first-order valence-corrected chi connectivity index (χ1v) is 12.3. The number of rotatable bonds is 9. The van der Waals surface area contributed by atoms with Crippen LogP contribution in [0.15, 0.2) is 60.7 Å². The van der Waals surface area contributed by atoms with Gasteiger partial charge in [0.1, 0.15) is 24.5 Å². The van der Waals surface area contributed by atoms with Gasteiger partial charge in [-0.1, -0.05) is 60.7 Å². The normalized spacial score (nSPS) is 17.6. The summed E-state index contributed by atoms with van der Waals surface area (Å²) in [6.45, 7) is 9.07. The summed E-state index contributed by atoms with van der Waals surface area (Å²) in [7, 11) is 0. The van der Waals surface area contributed by atoms with Gasteiger partial charge in [-0.2, -0.15) is 0 Å². The maximum absolute atomic E-state index is 13.0. The van der Waals surface area contributed by atoms with Crippen LogP contribution >= 0.6 is 0 Å². The highest BCUT2D eigenvalue weighted by Gasteiger charge is 2.45. The molecule has 9 heteroatoms. The number of esters is 2. The van der Waals surface area contributed by atoms with Crippen molar-refractivity contribution < 1.29 is 33.3 Å². The molecule has 1 heterocycles. The molecular formula is C28H36N2O7. The van der Waals surface area contributed by atoms with E-state index < -0.39 is 41.4 Å². The average Bonchev–Trinajstić information content (AvgIpc) is 3.15. The number of carbonyl (C=O) groups is 3. The van der Waals surface area contributed by atoms with E-state index >= 15 is 0 Å². The molecule has 1 aliphatic heterocycles. The van der Waals surface area contributed by atoms with E-state index in [0.717, 1.165) is 11.1 Å². The van der Waals surface area contributed by atoms with Crippen LogP contribution in [0.25, 0.3) is 0 Å². The molecule has 1 amide bonds. The molecule has 0 aromatic heterocycles. The fraction of sp³-hybridized carbons (Fsp3) is 0.464. The summed E-state index contributed by atoms with van der Waals surface area (Å²) in [5.41, 5.74) is -0.0932. The van der Waals surface area contributed by atoms with Crippen molar-refractivity contribution in [2.75, 3.05) is 13.2 Å². The largest absolute Gasteiger partial charge is 0.459 e. The molecule has 2 aromatic carbocycles. The molecule has 2 atom stereocenters. The highest BCUT2D eigenvalue weighted by molar-refractivity contribution is 5.99. The molecule has 1 aliphatic rings. The minimum atomic E-state index is -1.38. The zero-order valence-corrected chi connectivity index (χ0v) is 22.1. The lowest BCUT2D eigenvalue weighted by molar-refractivity contribution is -0.166. The zero-order chi connectivity index (χ0) is 27.1. The Balaban J connectivity index is 1.67. The summed E-state index contributed by atoms with van der Waals surface area (Å²) in [4.78, 5) is 40.3. The monoisotopic (exact) mass is 512 g/mol. The molecule has 0 saturated carbocycles. The molecule has 1 N–H and O–H groups in total. The lowest BCUT2D eigenvalue weighted by Crippen LogP contribution is -2.55. The number of hydrogen-bond donors (Lipinski definition) is 1. The molecule has 0 radical (unpaired) electrons. The molecular weight excluding hydrogens is 476 g/mol. The van der Waals surface area contributed by atoms with E-state index in [2.05, 4.69) is 5.32 Å². The van der Waals surface area contributed by atoms with Crippen LogP contribution in [-0.2, 0) is 41.8 Å². The molecule has 200 valence electrons. The quantitative estimate of drug-likeness (QED) is 0.307. The van der Waals surface area contributed by atoms with Crippen LogP contribution < -0.4 is 5.32 Å². The number of ether oxygens (including phenoxy) is 4. The van der Waals surface area contributed by atoms with Crippen molar-refractivity contribution in [1.29, 1.82) is 0 Å². The second-order valence-corrected chi connectivity index (χ2v) is 10.3. The van der Waals surface area contributed by atoms with Gasteiger partial charge in [-0.05, 0) is 45.7 Å². The number of benzene rings is 2. The van der Waals surface area contributed by atoms with Gasteiger partial charge in [0.15, 0.2) is 0 Å². The van der Waals surface area contributed by atoms with Gasteiger partial charge in [0, 0.05) is 6.54 Å². The maximum Gasteiger partial charge on any atom is 0.412 e. The zero-order valence-electron chi connectivity index (χ0n) is 22.1. The molecule has 9 nitrogen and oxygen atoms in total. The first-order chi connectivity index (χ1) is 17.5. The molecule has 3 rings (SSSR count). The number of carbonyl (C=O) groups excluding carboxylic acids is 3. The van der Waals surface area contributed by atoms with Crippen molar-refractivity contribution in [1.82, 2.24) is 10.2 Å². The number of nitrogens with zero attached hydrogens (tertiary/aromatic N) is 1. The summed E-state index contributed by atoms with van der Waals surface area (Å²) in [6.07, 6.45) is -0.557. The number of nitrogens with one attached hydrogen (secondary N) is 1. The van der Waals surface area contributed by atoms with Crippen LogP contribution in [0.5, 0.6) is 0 Å². The second-order valence-electron chi connectivity index (χ2n) is 10.3. The maximum atomic E-state index is 13.0. The van der Waals surface area contributed by atoms with Gasteiger partial charge in [0.05, 0.1) is 12.6 Å². The topological polar surface area (TPSA) is 103 Å². The Morgan fingerprint density at radius 3 is 2.03 bits per heavy atom. The van der Waals surface area contributed by atoms with Gasteiger partial charge in [-0.15, -0.1) is 0 Å². The third kappa shape index (κ3) is 8.30. The lowest BCUT2D eigenvalue weighted by atomic mass is 10.1. The Kier molecular flexibility index (Phi) is 9.29. The Morgan fingerprint density at radius 2 is 1.49 bits per heavy atom. The van der Waals surface area contributed by atoms with Crippen molar-refractivity contribution in [3.63, 3.8) is 0 Å². The van der Waals surface area contributed by atoms with E-state index in [9.17, 15) is 14.4 Å². The molecule has 2 aromatic rings. The van der Waals surface area contributed by atoms with Gasteiger partial charge < -0.3 is 18.9 Å². The Hall–Kier alpha value is -3.43. The van der Waals surface area contributed by atoms with Crippen molar-refractivity contribution in [2.45, 2.75) is 71.2 Å². The van der Waals surface area contributed by atoms with E-state index in [0.29, 0.717) is 0 Å². The van der Waals surface area contributed by atoms with Gasteiger partial charge >= 0.3 is 18.0 Å². The van der Waals surface area contributed by atoms with Crippen LogP contribution in [0.4, 0.5) is 4.79 Å². The SMILES string of the molecule is CC(C)(C)OC(=O)C(NCC1COC(C)(C)N1C(=O)OCc1ccccc1)C(=O)OCc1ccccc1. The summed E-state index contributed by atoms with van der Waals surface area (Å²) in [6, 6.07) is 16.6. The number of amides is 1. The van der Waals surface area contributed by atoms with Gasteiger partial charge in [0.25, 0.3) is 0 Å². The third-order valence-electron chi connectivity index (χ3n) is 5.64. The smallest absolute Gasteiger partial charge is 0.412 e. The Labute approximate surface area is 218 Å². The van der Waals surface area contributed by atoms with Crippen molar-refractivity contribution >= 4 is 18.0 Å². The highest BCUT2D eigenvalue weighted by atomic mass is 16.6. The molecule has 37 heavy (non-hydrogen) atoms. The van der Waals surface area contributed by atoms with Crippen LogP contribution in [0.1, 0.15) is 45.7 Å². The standard InChI is InChI=1S/C28H36N2O7/c1-27(2,3)37-25(32)23(24(31)34-17-20-12-8-6-9-13-20)29-16-22-19-36-28(4,5)30(22)26(33)35-18-21-14-10-7-11-15-21/h6-15,22-23,29H,16-19H2,1-5H3. The predicted molar refractivity (Wildman–Crippen MR) is 136 cm³/mol. The first-order valence-electron chi connectivity index (χ1n) is 12.3. The predicted octanol–water partition coefficient (Wildman–Crippen LogP) is 3.80. The first kappa shape index (κ1) is 28.1. The van der Waals surface area contributed by atoms with Crippen molar-refractivity contribution in [3.05, 3.63) is 71.8 Å². The Bertz CT molecular complexity index is 1050. The molecule has 0 spiro atoms. The van der Waals surface area contributed by atoms with Crippen LogP contribution in [0.2, 0.25) is 0 Å². The summed E-state index contributed by atoms with van der Waals surface area (Å²) in [5.74, 6) is -1.53. The van der Waals surface area contributed by atoms with E-state index in [4.69, 9.17) is 18.9 Å². The van der Waals surface area contributed by atoms with E-state index in [1.54, 1.807) is 34.6 Å². The third-order valence-corrected chi connectivity index (χ3v) is 5.64. The highest BCUT2D eigenvalue weighted by Crippen LogP contribution is 2.28. The molecule has 0 bridgehead atoms. The van der Waals surface area contributed by atoms with Crippen molar-refractivity contribution in [3.8, 4) is 0 Å². The van der Waals surface area contributed by atoms with Crippen LogP contribution in [-0.4, -0.2) is 59.5 Å². The molecule has 1 saturated heterocycles. The fourth-order valence-electron chi connectivity index (χ4n) is 3.88. The van der Waals surface area contributed by atoms with Crippen molar-refractivity contribution in [2.24, 2.45) is 0 Å². The minimum absolute atomic E-state index is 0.0121. The second kappa shape index (κ2) is 12.2. The van der Waals surface area contributed by atoms with Crippen LogP contribution in [0, 0.1) is 0 Å². The minimum Gasteiger partial charge on any atom is -0.459 e. The fourth-order valence-corrected chi connectivity index (χ4v) is 3.88. The molecule has 2 unspecified atom stereocenters. The van der Waals surface area contributed by atoms with Gasteiger partial charge in [-0.3, -0.25) is 10.2 Å². The van der Waals surface area contributed by atoms with E-state index in [-0.39, 0.29) is 26.4 Å². The van der Waals surface area contributed by atoms with Gasteiger partial charge in [-0.25, -0.2) is 14.4 Å². The lowest BCUT2D eigenvalue weighted by Gasteiger charge is -2.33. The van der Waals surface area contributed by atoms with E-state index in [1.165, 1.54) is 4.90 Å². The molecule has 1 fully saturated rings.